The highest BCUT2D eigenvalue weighted by atomic mass is 15.0. The second-order valence-electron chi connectivity index (χ2n) is 3.84. The molecule has 2 heteroatoms. The second kappa shape index (κ2) is 2.34. The number of fused-ring (bicyclic) bond motifs is 1. The molecule has 0 unspecified atom stereocenters. The van der Waals surface area contributed by atoms with Gasteiger partial charge in [-0.05, 0) is 37.3 Å². The van der Waals surface area contributed by atoms with Crippen LogP contribution in [-0.4, -0.2) is 9.38 Å². The first-order valence-corrected chi connectivity index (χ1v) is 4.78. The number of aryl methyl sites for hydroxylation is 1. The van der Waals surface area contributed by atoms with E-state index in [9.17, 15) is 0 Å². The van der Waals surface area contributed by atoms with E-state index in [-0.39, 0.29) is 0 Å². The maximum atomic E-state index is 4.15. The molecular weight excluding hydrogens is 160 g/mol. The van der Waals surface area contributed by atoms with E-state index in [2.05, 4.69) is 28.4 Å². The predicted octanol–water partition coefficient (Wildman–Crippen LogP) is 2.52. The van der Waals surface area contributed by atoms with E-state index < -0.39 is 0 Å². The van der Waals surface area contributed by atoms with Gasteiger partial charge in [0.25, 0.3) is 0 Å². The topological polar surface area (TPSA) is 17.3 Å². The van der Waals surface area contributed by atoms with Crippen LogP contribution in [0.15, 0.2) is 24.7 Å². The lowest BCUT2D eigenvalue weighted by molar-refractivity contribution is 0.990. The van der Waals surface area contributed by atoms with Crippen LogP contribution < -0.4 is 0 Å². The lowest BCUT2D eigenvalue weighted by atomic mass is 10.1. The molecule has 1 aliphatic rings. The van der Waals surface area contributed by atoms with Crippen molar-refractivity contribution < 1.29 is 0 Å². The quantitative estimate of drug-likeness (QED) is 0.646. The molecule has 0 aromatic carbocycles. The third-order valence-corrected chi connectivity index (χ3v) is 2.90. The van der Waals surface area contributed by atoms with Crippen LogP contribution in [0.25, 0.3) is 5.52 Å². The fourth-order valence-electron chi connectivity index (χ4n) is 1.97. The average Bonchev–Trinajstić information content (AvgIpc) is 2.83. The van der Waals surface area contributed by atoms with E-state index in [0.717, 1.165) is 5.92 Å². The van der Waals surface area contributed by atoms with Gasteiger partial charge in [-0.3, -0.25) is 0 Å². The van der Waals surface area contributed by atoms with E-state index in [1.54, 1.807) is 0 Å². The average molecular weight is 172 g/mol. The fraction of sp³-hybridized carbons (Fsp3) is 0.364. The van der Waals surface area contributed by atoms with E-state index in [0.29, 0.717) is 0 Å². The van der Waals surface area contributed by atoms with Crippen LogP contribution in [0.1, 0.15) is 30.0 Å². The largest absolute Gasteiger partial charge is 0.303 e. The Kier molecular flexibility index (Phi) is 1.29. The first-order chi connectivity index (χ1) is 6.36. The molecule has 1 saturated carbocycles. The number of pyridine rings is 1. The van der Waals surface area contributed by atoms with Gasteiger partial charge in [-0.1, -0.05) is 6.07 Å². The van der Waals surface area contributed by atoms with Crippen LogP contribution in [0.4, 0.5) is 0 Å². The highest BCUT2D eigenvalue weighted by Crippen LogP contribution is 2.41. The first-order valence-electron chi connectivity index (χ1n) is 4.78. The summed E-state index contributed by atoms with van der Waals surface area (Å²) in [6.07, 6.45) is 6.53. The number of aromatic nitrogens is 2. The molecule has 1 fully saturated rings. The minimum absolute atomic E-state index is 0.826. The molecule has 0 amide bonds. The van der Waals surface area contributed by atoms with Gasteiger partial charge in [-0.25, -0.2) is 4.98 Å². The first kappa shape index (κ1) is 7.13. The van der Waals surface area contributed by atoms with Gasteiger partial charge in [-0.15, -0.1) is 0 Å². The van der Waals surface area contributed by atoms with Gasteiger partial charge in [0, 0.05) is 5.69 Å². The van der Waals surface area contributed by atoms with E-state index in [4.69, 9.17) is 0 Å². The summed E-state index contributed by atoms with van der Waals surface area (Å²) in [7, 11) is 0. The summed E-state index contributed by atoms with van der Waals surface area (Å²) in [5.74, 6) is 0.826. The van der Waals surface area contributed by atoms with Crippen molar-refractivity contribution in [3.8, 4) is 0 Å². The Morgan fingerprint density at radius 1 is 1.38 bits per heavy atom. The van der Waals surface area contributed by atoms with Crippen LogP contribution in [0.5, 0.6) is 0 Å². The van der Waals surface area contributed by atoms with Crippen molar-refractivity contribution in [3.05, 3.63) is 35.9 Å². The Bertz CT molecular complexity index is 452. The maximum Gasteiger partial charge on any atom is 0.0994 e. The van der Waals surface area contributed by atoms with Gasteiger partial charge in [0.05, 0.1) is 18.0 Å². The summed E-state index contributed by atoms with van der Waals surface area (Å²) in [4.78, 5) is 4.15. The van der Waals surface area contributed by atoms with Gasteiger partial charge < -0.3 is 4.40 Å². The maximum absolute atomic E-state index is 4.15. The summed E-state index contributed by atoms with van der Waals surface area (Å²) in [5.41, 5.74) is 4.06. The molecule has 2 nitrogen and oxygen atoms in total. The standard InChI is InChI=1S/C11H12N2/c1-8-11(9-2-3-9)5-4-10-6-12-7-13(8)10/h4-7,9H,2-3H2,1H3. The SMILES string of the molecule is Cc1c(C2CC2)ccc2cncn12. The van der Waals surface area contributed by atoms with Crippen LogP contribution in [0.3, 0.4) is 0 Å². The number of hydrogen-bond donors (Lipinski definition) is 0. The molecule has 1 aliphatic carbocycles. The summed E-state index contributed by atoms with van der Waals surface area (Å²) in [5, 5.41) is 0. The molecule has 0 N–H and O–H groups in total. The van der Waals surface area contributed by atoms with Crippen molar-refractivity contribution in [2.45, 2.75) is 25.7 Å². The summed E-state index contributed by atoms with van der Waals surface area (Å²) < 4.78 is 2.17. The van der Waals surface area contributed by atoms with Crippen molar-refractivity contribution in [1.82, 2.24) is 9.38 Å². The molecule has 66 valence electrons. The number of imidazole rings is 1. The third kappa shape index (κ3) is 0.981. The molecule has 2 aromatic rings. The summed E-state index contributed by atoms with van der Waals surface area (Å²) >= 11 is 0. The predicted molar refractivity (Wildman–Crippen MR) is 51.9 cm³/mol. The minimum Gasteiger partial charge on any atom is -0.303 e. The van der Waals surface area contributed by atoms with Crippen LogP contribution in [-0.2, 0) is 0 Å². The van der Waals surface area contributed by atoms with Crippen LogP contribution in [0.2, 0.25) is 0 Å². The normalized spacial score (nSPS) is 16.7. The van der Waals surface area contributed by atoms with Crippen LogP contribution >= 0.6 is 0 Å². The molecule has 0 bridgehead atoms. The number of hydrogen-bond acceptors (Lipinski definition) is 1. The molecule has 0 atom stereocenters. The Hall–Kier alpha value is -1.31. The Morgan fingerprint density at radius 2 is 2.23 bits per heavy atom. The zero-order chi connectivity index (χ0) is 8.84. The molecule has 0 radical (unpaired) electrons. The highest BCUT2D eigenvalue weighted by Gasteiger charge is 2.25. The van der Waals surface area contributed by atoms with Crippen molar-refractivity contribution >= 4 is 5.52 Å². The Labute approximate surface area is 77.2 Å². The lowest BCUT2D eigenvalue weighted by Gasteiger charge is -2.06. The number of rotatable bonds is 1. The molecule has 0 aliphatic heterocycles. The summed E-state index contributed by atoms with van der Waals surface area (Å²) in [6, 6.07) is 4.41. The van der Waals surface area contributed by atoms with Crippen molar-refractivity contribution in [1.29, 1.82) is 0 Å². The number of nitrogens with zero attached hydrogens (tertiary/aromatic N) is 2. The fourth-order valence-corrected chi connectivity index (χ4v) is 1.97. The van der Waals surface area contributed by atoms with Gasteiger partial charge >= 0.3 is 0 Å². The third-order valence-electron chi connectivity index (χ3n) is 2.90. The van der Waals surface area contributed by atoms with Gasteiger partial charge in [0.1, 0.15) is 0 Å². The lowest BCUT2D eigenvalue weighted by Crippen LogP contribution is -1.94. The van der Waals surface area contributed by atoms with Gasteiger partial charge in [-0.2, -0.15) is 0 Å². The second-order valence-corrected chi connectivity index (χ2v) is 3.84. The zero-order valence-corrected chi connectivity index (χ0v) is 7.70. The molecule has 0 saturated heterocycles. The van der Waals surface area contributed by atoms with E-state index >= 15 is 0 Å². The Morgan fingerprint density at radius 3 is 3.00 bits per heavy atom. The van der Waals surface area contributed by atoms with Crippen molar-refractivity contribution in [2.75, 3.05) is 0 Å². The molecule has 2 heterocycles. The molecular formula is C11H12N2. The van der Waals surface area contributed by atoms with E-state index in [1.165, 1.54) is 29.6 Å². The van der Waals surface area contributed by atoms with Gasteiger partial charge in [0.2, 0.25) is 0 Å². The zero-order valence-electron chi connectivity index (χ0n) is 7.70. The molecule has 0 spiro atoms. The van der Waals surface area contributed by atoms with Crippen LogP contribution in [0, 0.1) is 6.92 Å². The monoisotopic (exact) mass is 172 g/mol. The molecule has 2 aromatic heterocycles. The minimum atomic E-state index is 0.826. The van der Waals surface area contributed by atoms with E-state index in [1.807, 2.05) is 12.5 Å². The smallest absolute Gasteiger partial charge is 0.0994 e. The van der Waals surface area contributed by atoms with Crippen molar-refractivity contribution in [2.24, 2.45) is 0 Å². The Balaban J connectivity index is 2.30. The molecule has 13 heavy (non-hydrogen) atoms. The highest BCUT2D eigenvalue weighted by molar-refractivity contribution is 5.49. The summed E-state index contributed by atoms with van der Waals surface area (Å²) in [6.45, 7) is 2.18. The van der Waals surface area contributed by atoms with Gasteiger partial charge in [0.15, 0.2) is 0 Å². The molecule has 3 rings (SSSR count). The van der Waals surface area contributed by atoms with Crippen molar-refractivity contribution in [3.63, 3.8) is 0 Å².